The van der Waals surface area contributed by atoms with Gasteiger partial charge in [0.05, 0.1) is 5.69 Å². The van der Waals surface area contributed by atoms with Crippen LogP contribution in [0.1, 0.15) is 52.8 Å². The van der Waals surface area contributed by atoms with Gasteiger partial charge in [-0.3, -0.25) is 4.68 Å². The lowest BCUT2D eigenvalue weighted by Gasteiger charge is -2.31. The molecule has 0 aliphatic carbocycles. The number of aromatic nitrogens is 2. The van der Waals surface area contributed by atoms with E-state index in [0.717, 1.165) is 18.7 Å². The zero-order valence-electron chi connectivity index (χ0n) is 12.3. The normalized spacial score (nSPS) is 14.2. The average molecular weight is 253 g/mol. The van der Waals surface area contributed by atoms with E-state index >= 15 is 0 Å². The number of nitrogens with one attached hydrogen (secondary N) is 1. The summed E-state index contributed by atoms with van der Waals surface area (Å²) in [6.45, 7) is 11.8. The Morgan fingerprint density at radius 1 is 1.39 bits per heavy atom. The highest BCUT2D eigenvalue weighted by Crippen LogP contribution is 2.21. The quantitative estimate of drug-likeness (QED) is 0.818. The highest BCUT2D eigenvalue weighted by Gasteiger charge is 2.23. The van der Waals surface area contributed by atoms with Gasteiger partial charge in [0.2, 0.25) is 0 Å². The zero-order chi connectivity index (χ0) is 13.8. The molecule has 1 heterocycles. The summed E-state index contributed by atoms with van der Waals surface area (Å²) in [4.78, 5) is 0. The lowest BCUT2D eigenvalue weighted by molar-refractivity contribution is 0.196. The molecule has 2 N–H and O–H groups in total. The predicted molar refractivity (Wildman–Crippen MR) is 74.4 cm³/mol. The van der Waals surface area contributed by atoms with E-state index in [9.17, 15) is 0 Å². The van der Waals surface area contributed by atoms with Crippen LogP contribution in [0.2, 0.25) is 0 Å². The number of rotatable bonds is 6. The summed E-state index contributed by atoms with van der Waals surface area (Å²) < 4.78 is 1.97. The minimum absolute atomic E-state index is 0.142. The van der Waals surface area contributed by atoms with Crippen LogP contribution in [0.3, 0.4) is 0 Å². The van der Waals surface area contributed by atoms with E-state index in [-0.39, 0.29) is 12.0 Å². The van der Waals surface area contributed by atoms with E-state index in [1.54, 1.807) is 0 Å². The maximum Gasteiger partial charge on any atom is 0.0762 e. The van der Waals surface area contributed by atoms with Crippen molar-refractivity contribution in [3.8, 4) is 0 Å². The number of aliphatic hydroxyl groups is 1. The first-order valence-corrected chi connectivity index (χ1v) is 6.73. The van der Waals surface area contributed by atoms with Gasteiger partial charge in [-0.05, 0) is 31.7 Å². The smallest absolute Gasteiger partial charge is 0.0762 e. The lowest BCUT2D eigenvalue weighted by Crippen LogP contribution is -2.40. The fourth-order valence-corrected chi connectivity index (χ4v) is 1.96. The zero-order valence-corrected chi connectivity index (χ0v) is 12.3. The van der Waals surface area contributed by atoms with Crippen molar-refractivity contribution in [2.75, 3.05) is 6.61 Å². The molecule has 0 amide bonds. The third-order valence-electron chi connectivity index (χ3n) is 3.19. The molecular weight excluding hydrogens is 226 g/mol. The summed E-state index contributed by atoms with van der Waals surface area (Å²) in [6.07, 6.45) is 2.79. The molecule has 1 rings (SSSR count). The molecule has 1 aromatic heterocycles. The van der Waals surface area contributed by atoms with Crippen molar-refractivity contribution in [3.63, 3.8) is 0 Å². The molecule has 0 fully saturated rings. The molecule has 0 aliphatic heterocycles. The summed E-state index contributed by atoms with van der Waals surface area (Å²) in [6, 6.07) is 2.74. The fourth-order valence-electron chi connectivity index (χ4n) is 1.96. The van der Waals surface area contributed by atoms with Gasteiger partial charge < -0.3 is 10.4 Å². The largest absolute Gasteiger partial charge is 0.396 e. The first kappa shape index (κ1) is 15.2. The van der Waals surface area contributed by atoms with E-state index in [1.165, 1.54) is 0 Å². The summed E-state index contributed by atoms with van der Waals surface area (Å²) in [5, 5.41) is 17.1. The molecular formula is C14H27N3O. The van der Waals surface area contributed by atoms with Crippen molar-refractivity contribution in [1.29, 1.82) is 0 Å². The number of aliphatic hydroxyl groups excluding tert-OH is 1. The van der Waals surface area contributed by atoms with Crippen LogP contribution in [0, 0.1) is 5.41 Å². The topological polar surface area (TPSA) is 50.1 Å². The van der Waals surface area contributed by atoms with Gasteiger partial charge in [-0.1, -0.05) is 20.8 Å². The summed E-state index contributed by atoms with van der Waals surface area (Å²) in [5.41, 5.74) is 1.19. The Morgan fingerprint density at radius 3 is 2.50 bits per heavy atom. The van der Waals surface area contributed by atoms with Crippen molar-refractivity contribution < 1.29 is 5.11 Å². The van der Waals surface area contributed by atoms with E-state index in [4.69, 9.17) is 5.11 Å². The van der Waals surface area contributed by atoms with Crippen molar-refractivity contribution >= 4 is 0 Å². The maximum absolute atomic E-state index is 9.11. The molecule has 0 saturated carbocycles. The molecule has 1 atom stereocenters. The van der Waals surface area contributed by atoms with Crippen LogP contribution in [0.5, 0.6) is 0 Å². The molecule has 4 heteroatoms. The molecule has 0 aliphatic rings. The SMILES string of the molecule is CC(C)n1ccc(CNC(CCO)C(C)(C)C)n1. The number of hydrogen-bond acceptors (Lipinski definition) is 3. The Bertz CT molecular complexity index is 352. The molecule has 0 aromatic carbocycles. The minimum atomic E-state index is 0.142. The van der Waals surface area contributed by atoms with Gasteiger partial charge in [-0.2, -0.15) is 5.10 Å². The Morgan fingerprint density at radius 2 is 2.06 bits per heavy atom. The van der Waals surface area contributed by atoms with Gasteiger partial charge in [-0.25, -0.2) is 0 Å². The molecule has 0 radical (unpaired) electrons. The van der Waals surface area contributed by atoms with Gasteiger partial charge in [-0.15, -0.1) is 0 Å². The van der Waals surface area contributed by atoms with Gasteiger partial charge in [0.15, 0.2) is 0 Å². The predicted octanol–water partition coefficient (Wildman–Crippen LogP) is 2.35. The van der Waals surface area contributed by atoms with Gasteiger partial charge >= 0.3 is 0 Å². The average Bonchev–Trinajstić information content (AvgIpc) is 2.71. The summed E-state index contributed by atoms with van der Waals surface area (Å²) in [5.74, 6) is 0. The lowest BCUT2D eigenvalue weighted by atomic mass is 9.85. The van der Waals surface area contributed by atoms with Crippen LogP contribution in [0.15, 0.2) is 12.3 Å². The first-order valence-electron chi connectivity index (χ1n) is 6.73. The van der Waals surface area contributed by atoms with Gasteiger partial charge in [0.1, 0.15) is 0 Å². The fraction of sp³-hybridized carbons (Fsp3) is 0.786. The number of nitrogens with zero attached hydrogens (tertiary/aromatic N) is 2. The second kappa shape index (κ2) is 6.34. The van der Waals surface area contributed by atoms with Crippen LogP contribution in [-0.2, 0) is 6.54 Å². The second-order valence-corrected chi connectivity index (χ2v) is 6.19. The Labute approximate surface area is 110 Å². The van der Waals surface area contributed by atoms with E-state index in [2.05, 4.69) is 45.0 Å². The highest BCUT2D eigenvalue weighted by atomic mass is 16.3. The van der Waals surface area contributed by atoms with Crippen LogP contribution >= 0.6 is 0 Å². The van der Waals surface area contributed by atoms with Crippen LogP contribution in [-0.4, -0.2) is 27.5 Å². The first-order chi connectivity index (χ1) is 8.34. The van der Waals surface area contributed by atoms with Crippen molar-refractivity contribution in [3.05, 3.63) is 18.0 Å². The van der Waals surface area contributed by atoms with Gasteiger partial charge in [0, 0.05) is 31.4 Å². The molecule has 0 spiro atoms. The minimum Gasteiger partial charge on any atom is -0.396 e. The summed E-state index contributed by atoms with van der Waals surface area (Å²) >= 11 is 0. The molecule has 0 bridgehead atoms. The molecule has 18 heavy (non-hydrogen) atoms. The molecule has 1 unspecified atom stereocenters. The van der Waals surface area contributed by atoms with Crippen LogP contribution in [0.4, 0.5) is 0 Å². The standard InChI is InChI=1S/C14H27N3O/c1-11(2)17-8-6-12(16-17)10-15-13(7-9-18)14(3,4)5/h6,8,11,13,15,18H,7,9-10H2,1-5H3. The van der Waals surface area contributed by atoms with Gasteiger partial charge in [0.25, 0.3) is 0 Å². The number of hydrogen-bond donors (Lipinski definition) is 2. The Kier molecular flexibility index (Phi) is 5.35. The van der Waals surface area contributed by atoms with E-state index in [0.29, 0.717) is 12.1 Å². The molecule has 4 nitrogen and oxygen atoms in total. The maximum atomic E-state index is 9.11. The van der Waals surface area contributed by atoms with E-state index < -0.39 is 0 Å². The van der Waals surface area contributed by atoms with Crippen molar-refractivity contribution in [2.24, 2.45) is 5.41 Å². The van der Waals surface area contributed by atoms with Crippen molar-refractivity contribution in [1.82, 2.24) is 15.1 Å². The van der Waals surface area contributed by atoms with E-state index in [1.807, 2.05) is 16.9 Å². The molecule has 0 saturated heterocycles. The monoisotopic (exact) mass is 253 g/mol. The highest BCUT2D eigenvalue weighted by molar-refractivity contribution is 5.00. The Hall–Kier alpha value is -0.870. The van der Waals surface area contributed by atoms with Crippen LogP contribution < -0.4 is 5.32 Å². The Balaban J connectivity index is 2.56. The third kappa shape index (κ3) is 4.42. The molecule has 104 valence electrons. The molecule has 1 aromatic rings. The van der Waals surface area contributed by atoms with Crippen molar-refractivity contribution in [2.45, 2.75) is 59.7 Å². The second-order valence-electron chi connectivity index (χ2n) is 6.19. The summed E-state index contributed by atoms with van der Waals surface area (Å²) in [7, 11) is 0. The van der Waals surface area contributed by atoms with Crippen LogP contribution in [0.25, 0.3) is 0 Å². The third-order valence-corrected chi connectivity index (χ3v) is 3.19.